The van der Waals surface area contributed by atoms with Crippen molar-refractivity contribution in [3.63, 3.8) is 0 Å². The summed E-state index contributed by atoms with van der Waals surface area (Å²) in [6, 6.07) is 0. The summed E-state index contributed by atoms with van der Waals surface area (Å²) >= 11 is 0. The zero-order chi connectivity index (χ0) is 46.9. The molecule has 65 heavy (non-hydrogen) atoms. The Morgan fingerprint density at radius 2 is 1.43 bits per heavy atom. The van der Waals surface area contributed by atoms with Gasteiger partial charge in [-0.05, 0) is 112 Å². The van der Waals surface area contributed by atoms with Crippen LogP contribution in [0.5, 0.6) is 0 Å². The topological polar surface area (TPSA) is 276 Å². The molecule has 4 heterocycles. The van der Waals surface area contributed by atoms with Gasteiger partial charge in [-0.3, -0.25) is 0 Å². The molecular formula is C47H76O18. The van der Waals surface area contributed by atoms with Crippen LogP contribution in [-0.4, -0.2) is 188 Å². The van der Waals surface area contributed by atoms with Crippen molar-refractivity contribution >= 4 is 0 Å². The fourth-order valence-corrected chi connectivity index (χ4v) is 13.5. The standard InChI is InChI=1S/C47H76O18/c1-7-58-29(14-20(2)19-59-43-38(55)36(53)34(51)30(17-48)63-43)41-21(3)32-28(62-41)16-27-25-9-8-23-15-24(10-12-46(23,5)26(25)11-13-47(27,32)6)61-45-40(57)37(54)42(31(18-49)64-45)65-44-39(56)35(52)33(50)22(4)60-44/h8,20,22,24-40,42-45,48-57H,7,9-19H2,1-6H3/t20-,22+,24+,25?,26?,27?,28?,29-,30-,31-,32?,33+,34-,35-,36+,37-,38-,39-,40-,42-,43-,44+,45-,46+,47+/m1/s1. The molecule has 3 saturated carbocycles. The van der Waals surface area contributed by atoms with Gasteiger partial charge in [0.25, 0.3) is 0 Å². The van der Waals surface area contributed by atoms with E-state index in [9.17, 15) is 51.1 Å². The fourth-order valence-electron chi connectivity index (χ4n) is 13.5. The fraction of sp³-hybridized carbons (Fsp3) is 0.915. The molecule has 18 nitrogen and oxygen atoms in total. The summed E-state index contributed by atoms with van der Waals surface area (Å²) in [7, 11) is 0. The average Bonchev–Trinajstić information content (AvgIpc) is 3.78. The number of hydrogen-bond acceptors (Lipinski definition) is 18. The monoisotopic (exact) mass is 929 g/mol. The Bertz CT molecular complexity index is 1690. The normalized spacial score (nSPS) is 50.7. The molecule has 4 aliphatic carbocycles. The van der Waals surface area contributed by atoms with Crippen molar-refractivity contribution in [2.75, 3.05) is 26.4 Å². The molecule has 0 spiro atoms. The van der Waals surface area contributed by atoms with Crippen molar-refractivity contribution in [3.05, 3.63) is 23.0 Å². The highest BCUT2D eigenvalue weighted by Gasteiger charge is 2.64. The van der Waals surface area contributed by atoms with Crippen LogP contribution in [-0.2, 0) is 37.9 Å². The maximum absolute atomic E-state index is 11.2. The van der Waals surface area contributed by atoms with Crippen LogP contribution in [0.1, 0.15) is 92.9 Å². The highest BCUT2D eigenvalue weighted by Crippen LogP contribution is 2.69. The first kappa shape index (κ1) is 50.0. The Morgan fingerprint density at radius 1 is 0.769 bits per heavy atom. The van der Waals surface area contributed by atoms with Crippen LogP contribution < -0.4 is 0 Å². The number of hydrogen-bond donors (Lipinski definition) is 10. The lowest BCUT2D eigenvalue weighted by Crippen LogP contribution is -2.64. The first-order valence-electron chi connectivity index (χ1n) is 24.1. The molecule has 5 unspecified atom stereocenters. The molecule has 0 radical (unpaired) electrons. The van der Waals surface area contributed by atoms with Gasteiger partial charge in [0.1, 0.15) is 85.1 Å². The van der Waals surface area contributed by atoms with Crippen LogP contribution in [0.15, 0.2) is 23.0 Å². The van der Waals surface area contributed by atoms with Gasteiger partial charge in [0, 0.05) is 12.5 Å². The molecule has 4 aliphatic heterocycles. The van der Waals surface area contributed by atoms with E-state index in [0.29, 0.717) is 37.2 Å². The van der Waals surface area contributed by atoms with Crippen molar-refractivity contribution in [1.29, 1.82) is 0 Å². The van der Waals surface area contributed by atoms with Gasteiger partial charge >= 0.3 is 0 Å². The summed E-state index contributed by atoms with van der Waals surface area (Å²) in [6.07, 6.45) is -11.5. The Balaban J connectivity index is 0.885. The third kappa shape index (κ3) is 9.03. The first-order chi connectivity index (χ1) is 30.9. The van der Waals surface area contributed by atoms with Crippen LogP contribution in [0.25, 0.3) is 0 Å². The maximum Gasteiger partial charge on any atom is 0.187 e. The number of ether oxygens (including phenoxy) is 8. The lowest BCUT2D eigenvalue weighted by atomic mass is 9.47. The largest absolute Gasteiger partial charge is 0.491 e. The zero-order valence-corrected chi connectivity index (χ0v) is 38.6. The quantitative estimate of drug-likeness (QED) is 0.104. The number of rotatable bonds is 14. The third-order valence-electron chi connectivity index (χ3n) is 17.1. The molecule has 10 N–H and O–H groups in total. The molecule has 0 amide bonds. The number of allylic oxidation sites excluding steroid dienone is 1. The smallest absolute Gasteiger partial charge is 0.187 e. The molecule has 0 bridgehead atoms. The van der Waals surface area contributed by atoms with Crippen molar-refractivity contribution in [3.8, 4) is 0 Å². The number of aliphatic hydroxyl groups excluding tert-OH is 10. The summed E-state index contributed by atoms with van der Waals surface area (Å²) in [5, 5.41) is 104. The van der Waals surface area contributed by atoms with Crippen molar-refractivity contribution < 1.29 is 89.0 Å². The van der Waals surface area contributed by atoms with Gasteiger partial charge in [-0.1, -0.05) is 32.4 Å². The van der Waals surface area contributed by atoms with Crippen molar-refractivity contribution in [2.45, 2.75) is 203 Å². The number of aliphatic hydroxyl groups is 10. The first-order valence-corrected chi connectivity index (χ1v) is 24.1. The van der Waals surface area contributed by atoms with E-state index in [0.717, 1.165) is 44.3 Å². The SMILES string of the molecule is CCO[C@H](C[C@@H](C)CO[C@@H]1O[C@H](CO)[C@@H](O)[C@H](O)[C@H]1O)C1=C(C)C2C(CC3C4CC=C5C[C@@H](O[C@@H]6O[C@H](CO)[C@@H](O[C@@H]7O[C@@H](C)[C@H](O)[C@@H](O)[C@H]7O)[C@H](O)[C@H]6O)CC[C@]5(C)C4CC[C@@]32C)O1. The van der Waals surface area contributed by atoms with Crippen molar-refractivity contribution in [1.82, 2.24) is 0 Å². The minimum Gasteiger partial charge on any atom is -0.491 e. The molecule has 372 valence electrons. The molecule has 25 atom stereocenters. The molecule has 8 rings (SSSR count). The van der Waals surface area contributed by atoms with E-state index in [2.05, 4.69) is 26.8 Å². The second-order valence-corrected chi connectivity index (χ2v) is 21.0. The Kier molecular flexibility index (Phi) is 15.2. The summed E-state index contributed by atoms with van der Waals surface area (Å²) in [4.78, 5) is 0. The Labute approximate surface area is 381 Å². The zero-order valence-electron chi connectivity index (χ0n) is 38.6. The summed E-state index contributed by atoms with van der Waals surface area (Å²) in [5.74, 6) is 2.58. The van der Waals surface area contributed by atoms with Crippen molar-refractivity contribution in [2.24, 2.45) is 40.4 Å². The molecule has 0 aromatic heterocycles. The molecule has 6 fully saturated rings. The Morgan fingerprint density at radius 3 is 2.14 bits per heavy atom. The van der Waals surface area contributed by atoms with E-state index in [4.69, 9.17) is 37.9 Å². The third-order valence-corrected chi connectivity index (χ3v) is 17.1. The second-order valence-electron chi connectivity index (χ2n) is 21.0. The van der Waals surface area contributed by atoms with Gasteiger partial charge < -0.3 is 89.0 Å². The van der Waals surface area contributed by atoms with Gasteiger partial charge in [0.05, 0.1) is 32.0 Å². The van der Waals surface area contributed by atoms with E-state index < -0.39 is 105 Å². The van der Waals surface area contributed by atoms with Crippen LogP contribution in [0.3, 0.4) is 0 Å². The molecular weight excluding hydrogens is 852 g/mol. The minimum atomic E-state index is -1.64. The predicted molar refractivity (Wildman–Crippen MR) is 227 cm³/mol. The predicted octanol–water partition coefficient (Wildman–Crippen LogP) is 0.133. The van der Waals surface area contributed by atoms with E-state index in [1.54, 1.807) is 0 Å². The van der Waals surface area contributed by atoms with Gasteiger partial charge in [-0.2, -0.15) is 0 Å². The Hall–Kier alpha value is -1.40. The molecule has 18 heteroatoms. The minimum absolute atomic E-state index is 0.0270. The van der Waals surface area contributed by atoms with Gasteiger partial charge in [0.15, 0.2) is 18.9 Å². The van der Waals surface area contributed by atoms with E-state index in [1.807, 2.05) is 13.8 Å². The van der Waals surface area contributed by atoms with Crippen LogP contribution in [0, 0.1) is 40.4 Å². The van der Waals surface area contributed by atoms with Gasteiger partial charge in [-0.15, -0.1) is 0 Å². The van der Waals surface area contributed by atoms with Crippen LogP contribution in [0.4, 0.5) is 0 Å². The second kappa shape index (κ2) is 19.8. The lowest BCUT2D eigenvalue weighted by Gasteiger charge is -2.58. The van der Waals surface area contributed by atoms with E-state index in [1.165, 1.54) is 18.1 Å². The van der Waals surface area contributed by atoms with Crippen LogP contribution >= 0.6 is 0 Å². The molecule has 0 aromatic rings. The highest BCUT2D eigenvalue weighted by molar-refractivity contribution is 5.31. The number of fused-ring (bicyclic) bond motifs is 7. The lowest BCUT2D eigenvalue weighted by molar-refractivity contribution is -0.360. The highest BCUT2D eigenvalue weighted by atomic mass is 16.7. The van der Waals surface area contributed by atoms with E-state index in [-0.39, 0.29) is 47.6 Å². The summed E-state index contributed by atoms with van der Waals surface area (Å²) in [6.45, 7) is 12.1. The average molecular weight is 929 g/mol. The van der Waals surface area contributed by atoms with Crippen LogP contribution in [0.2, 0.25) is 0 Å². The molecule has 8 aliphatic rings. The maximum atomic E-state index is 11.2. The van der Waals surface area contributed by atoms with E-state index >= 15 is 0 Å². The molecule has 3 saturated heterocycles. The molecule has 0 aromatic carbocycles. The summed E-state index contributed by atoms with van der Waals surface area (Å²) < 4.78 is 48.4. The van der Waals surface area contributed by atoms with Gasteiger partial charge in [0.2, 0.25) is 0 Å². The summed E-state index contributed by atoms with van der Waals surface area (Å²) in [5.41, 5.74) is 2.62. The van der Waals surface area contributed by atoms with Gasteiger partial charge in [-0.25, -0.2) is 0 Å².